The maximum atomic E-state index is 5.88. The minimum atomic E-state index is -1.32. The number of hydrogen-bond donors (Lipinski definition) is 0. The molecule has 102 valence electrons. The van der Waals surface area contributed by atoms with Crippen LogP contribution < -0.4 is 0 Å². The van der Waals surface area contributed by atoms with Crippen molar-refractivity contribution in [3.05, 3.63) is 0 Å². The maximum Gasteiger partial charge on any atom is 0.186 e. The SMILES string of the molecule is CCO[Si](C)(C)CCCCN1CCC[Si]1(C)C. The minimum Gasteiger partial charge on any atom is -0.418 e. The van der Waals surface area contributed by atoms with Crippen molar-refractivity contribution in [2.45, 2.75) is 64.5 Å². The van der Waals surface area contributed by atoms with Gasteiger partial charge in [0.15, 0.2) is 8.32 Å². The Balaban J connectivity index is 2.16. The first-order chi connectivity index (χ1) is 7.87. The summed E-state index contributed by atoms with van der Waals surface area (Å²) < 4.78 is 8.68. The van der Waals surface area contributed by atoms with Gasteiger partial charge in [-0.1, -0.05) is 19.5 Å². The quantitative estimate of drug-likeness (QED) is 0.515. The van der Waals surface area contributed by atoms with Gasteiger partial charge in [-0.25, -0.2) is 0 Å². The lowest BCUT2D eigenvalue weighted by molar-refractivity contribution is 0.327. The van der Waals surface area contributed by atoms with E-state index in [0.717, 1.165) is 6.61 Å². The van der Waals surface area contributed by atoms with E-state index in [1.165, 1.54) is 44.4 Å². The molecule has 2 nitrogen and oxygen atoms in total. The molecular formula is C13H31NOSi2. The monoisotopic (exact) mass is 273 g/mol. The van der Waals surface area contributed by atoms with Crippen LogP contribution in [0.25, 0.3) is 0 Å². The highest BCUT2D eigenvalue weighted by Crippen LogP contribution is 2.26. The van der Waals surface area contributed by atoms with Crippen LogP contribution in [0, 0.1) is 0 Å². The molecule has 4 heteroatoms. The second-order valence-electron chi connectivity index (χ2n) is 6.55. The molecule has 0 aromatic heterocycles. The molecule has 1 aliphatic heterocycles. The van der Waals surface area contributed by atoms with Crippen molar-refractivity contribution in [2.24, 2.45) is 0 Å². The summed E-state index contributed by atoms with van der Waals surface area (Å²) in [5, 5.41) is 0. The fourth-order valence-corrected chi connectivity index (χ4v) is 7.79. The summed E-state index contributed by atoms with van der Waals surface area (Å²) in [6.45, 7) is 15.5. The molecule has 1 aliphatic rings. The summed E-state index contributed by atoms with van der Waals surface area (Å²) >= 11 is 0. The van der Waals surface area contributed by atoms with Gasteiger partial charge in [-0.2, -0.15) is 0 Å². The molecule has 1 heterocycles. The van der Waals surface area contributed by atoms with E-state index in [0.29, 0.717) is 0 Å². The first-order valence-electron chi connectivity index (χ1n) is 7.26. The zero-order chi connectivity index (χ0) is 12.9. The average Bonchev–Trinajstić information content (AvgIpc) is 2.53. The van der Waals surface area contributed by atoms with Crippen LogP contribution in [0.3, 0.4) is 0 Å². The van der Waals surface area contributed by atoms with E-state index in [2.05, 4.69) is 37.7 Å². The van der Waals surface area contributed by atoms with Gasteiger partial charge < -0.3 is 8.99 Å². The van der Waals surface area contributed by atoms with Crippen molar-refractivity contribution in [1.82, 2.24) is 4.57 Å². The first-order valence-corrected chi connectivity index (χ1v) is 13.5. The summed E-state index contributed by atoms with van der Waals surface area (Å²) in [5.74, 6) is 0. The number of rotatable bonds is 7. The van der Waals surface area contributed by atoms with Crippen LogP contribution in [0.15, 0.2) is 0 Å². The van der Waals surface area contributed by atoms with Crippen LogP contribution in [0.5, 0.6) is 0 Å². The Morgan fingerprint density at radius 2 is 1.94 bits per heavy atom. The third-order valence-corrected chi connectivity index (χ3v) is 10.4. The Labute approximate surface area is 110 Å². The largest absolute Gasteiger partial charge is 0.418 e. The summed E-state index contributed by atoms with van der Waals surface area (Å²) in [6, 6.07) is 2.84. The highest BCUT2D eigenvalue weighted by Gasteiger charge is 2.33. The maximum absolute atomic E-state index is 5.88. The predicted octanol–water partition coefficient (Wildman–Crippen LogP) is 3.92. The molecule has 0 radical (unpaired) electrons. The molecule has 0 aromatic carbocycles. The molecule has 0 spiro atoms. The highest BCUT2D eigenvalue weighted by molar-refractivity contribution is 6.75. The normalized spacial score (nSPS) is 21.0. The van der Waals surface area contributed by atoms with Crippen LogP contribution >= 0.6 is 0 Å². The van der Waals surface area contributed by atoms with Crippen molar-refractivity contribution in [3.63, 3.8) is 0 Å². The molecule has 1 rings (SSSR count). The van der Waals surface area contributed by atoms with E-state index in [1.54, 1.807) is 0 Å². The summed E-state index contributed by atoms with van der Waals surface area (Å²) in [6.07, 6.45) is 4.18. The molecular weight excluding hydrogens is 242 g/mol. The molecule has 17 heavy (non-hydrogen) atoms. The van der Waals surface area contributed by atoms with E-state index in [-0.39, 0.29) is 0 Å². The van der Waals surface area contributed by atoms with Crippen molar-refractivity contribution >= 4 is 16.6 Å². The van der Waals surface area contributed by atoms with Gasteiger partial charge in [0, 0.05) is 6.61 Å². The van der Waals surface area contributed by atoms with E-state index in [4.69, 9.17) is 4.43 Å². The van der Waals surface area contributed by atoms with Crippen LogP contribution in [0.4, 0.5) is 0 Å². The number of unbranched alkanes of at least 4 members (excludes halogenated alkanes) is 1. The van der Waals surface area contributed by atoms with Gasteiger partial charge in [-0.15, -0.1) is 0 Å². The zero-order valence-electron chi connectivity index (χ0n) is 12.5. The summed E-state index contributed by atoms with van der Waals surface area (Å²) in [4.78, 5) is 0. The average molecular weight is 274 g/mol. The van der Waals surface area contributed by atoms with Crippen LogP contribution in [0.1, 0.15) is 26.2 Å². The van der Waals surface area contributed by atoms with Crippen LogP contribution in [-0.2, 0) is 4.43 Å². The molecule has 0 unspecified atom stereocenters. The Kier molecular flexibility index (Phi) is 5.89. The molecule has 1 fully saturated rings. The lowest BCUT2D eigenvalue weighted by atomic mass is 10.3. The topological polar surface area (TPSA) is 12.5 Å². The second kappa shape index (κ2) is 6.50. The van der Waals surface area contributed by atoms with Crippen molar-refractivity contribution in [2.75, 3.05) is 19.7 Å². The van der Waals surface area contributed by atoms with Crippen LogP contribution in [-0.4, -0.2) is 40.8 Å². The molecule has 0 N–H and O–H groups in total. The Hall–Kier alpha value is 0.354. The Bertz CT molecular complexity index is 231. The fraction of sp³-hybridized carbons (Fsp3) is 1.00. The van der Waals surface area contributed by atoms with Gasteiger partial charge >= 0.3 is 0 Å². The Morgan fingerprint density at radius 3 is 2.47 bits per heavy atom. The van der Waals surface area contributed by atoms with Crippen LogP contribution in [0.2, 0.25) is 38.3 Å². The van der Waals surface area contributed by atoms with Gasteiger partial charge in [-0.05, 0) is 58.0 Å². The molecule has 1 saturated heterocycles. The summed E-state index contributed by atoms with van der Waals surface area (Å²) in [7, 11) is -2.29. The minimum absolute atomic E-state index is 0.894. The van der Waals surface area contributed by atoms with Gasteiger partial charge in [0.1, 0.15) is 8.24 Å². The van der Waals surface area contributed by atoms with Crippen molar-refractivity contribution in [1.29, 1.82) is 0 Å². The zero-order valence-corrected chi connectivity index (χ0v) is 14.5. The first kappa shape index (κ1) is 15.4. The third-order valence-electron chi connectivity index (χ3n) is 4.06. The van der Waals surface area contributed by atoms with Crippen molar-refractivity contribution in [3.8, 4) is 0 Å². The van der Waals surface area contributed by atoms with Gasteiger partial charge in [0.05, 0.1) is 0 Å². The predicted molar refractivity (Wildman–Crippen MR) is 81.6 cm³/mol. The summed E-state index contributed by atoms with van der Waals surface area (Å²) in [5.41, 5.74) is 0. The molecule has 0 bridgehead atoms. The molecule has 0 atom stereocenters. The number of hydrogen-bond acceptors (Lipinski definition) is 2. The van der Waals surface area contributed by atoms with Gasteiger partial charge in [0.25, 0.3) is 0 Å². The highest BCUT2D eigenvalue weighted by atomic mass is 28.4. The lowest BCUT2D eigenvalue weighted by Gasteiger charge is -2.30. The van der Waals surface area contributed by atoms with Crippen molar-refractivity contribution < 1.29 is 4.43 Å². The standard InChI is InChI=1S/C13H31NOSi2/c1-6-15-17(4,5)13-8-7-10-14-11-9-12-16(14,2)3/h6-13H2,1-5H3. The molecule has 0 amide bonds. The Morgan fingerprint density at radius 1 is 1.24 bits per heavy atom. The molecule has 0 aromatic rings. The molecule has 0 saturated carbocycles. The number of nitrogens with zero attached hydrogens (tertiary/aromatic N) is 1. The van der Waals surface area contributed by atoms with E-state index in [1.807, 2.05) is 0 Å². The molecule has 0 aliphatic carbocycles. The van der Waals surface area contributed by atoms with Gasteiger partial charge in [-0.3, -0.25) is 0 Å². The van der Waals surface area contributed by atoms with E-state index >= 15 is 0 Å². The van der Waals surface area contributed by atoms with E-state index < -0.39 is 16.6 Å². The van der Waals surface area contributed by atoms with Gasteiger partial charge in [0.2, 0.25) is 0 Å². The second-order valence-corrected chi connectivity index (χ2v) is 15.6. The fourth-order valence-electron chi connectivity index (χ4n) is 2.89. The lowest BCUT2D eigenvalue weighted by Crippen LogP contribution is -2.43. The third kappa shape index (κ3) is 5.24. The smallest absolute Gasteiger partial charge is 0.186 e. The van der Waals surface area contributed by atoms with E-state index in [9.17, 15) is 0 Å².